The average molecular weight is 317 g/mol. The molecule has 21 heavy (non-hydrogen) atoms. The smallest absolute Gasteiger partial charge is 0.225 e. The van der Waals surface area contributed by atoms with Crippen molar-refractivity contribution in [2.24, 2.45) is 0 Å². The van der Waals surface area contributed by atoms with E-state index in [4.69, 9.17) is 5.26 Å². The Kier molecular flexibility index (Phi) is 5.57. The van der Waals surface area contributed by atoms with E-state index in [1.54, 1.807) is 30.3 Å². The van der Waals surface area contributed by atoms with Crippen LogP contribution >= 0.6 is 11.3 Å². The molecular weight excluding hydrogens is 302 g/mol. The van der Waals surface area contributed by atoms with Gasteiger partial charge in [0.25, 0.3) is 0 Å². The Morgan fingerprint density at radius 2 is 2.10 bits per heavy atom. The van der Waals surface area contributed by atoms with Gasteiger partial charge in [0.05, 0.1) is 4.88 Å². The number of hydrogen-bond donors (Lipinski definition) is 0. The summed E-state index contributed by atoms with van der Waals surface area (Å²) in [6, 6.07) is 12.5. The summed E-state index contributed by atoms with van der Waals surface area (Å²) in [4.78, 5) is 12.8. The first-order valence-corrected chi connectivity index (χ1v) is 8.83. The number of nitrogens with zero attached hydrogens (tertiary/aromatic N) is 1. The van der Waals surface area contributed by atoms with Crippen LogP contribution in [0.5, 0.6) is 0 Å². The Hall–Kier alpha value is -1.61. The molecule has 0 aliphatic carbocycles. The van der Waals surface area contributed by atoms with E-state index in [1.165, 1.54) is 11.3 Å². The predicted molar refractivity (Wildman–Crippen MR) is 85.1 cm³/mol. The zero-order valence-corrected chi connectivity index (χ0v) is 13.3. The lowest BCUT2D eigenvalue weighted by molar-refractivity contribution is 0.104. The fourth-order valence-electron chi connectivity index (χ4n) is 1.83. The van der Waals surface area contributed by atoms with Gasteiger partial charge in [0.15, 0.2) is 0 Å². The molecule has 3 nitrogen and oxygen atoms in total. The van der Waals surface area contributed by atoms with Crippen LogP contribution in [0.3, 0.4) is 0 Å². The summed E-state index contributed by atoms with van der Waals surface area (Å²) in [6.45, 7) is 2.03. The molecule has 0 fully saturated rings. The number of benzene rings is 1. The summed E-state index contributed by atoms with van der Waals surface area (Å²) in [5, 5.41) is 9.17. The molecule has 0 saturated carbocycles. The largest absolute Gasteiger partial charge is 0.611 e. The number of ketones is 1. The third-order valence-corrected chi connectivity index (χ3v) is 6.00. The summed E-state index contributed by atoms with van der Waals surface area (Å²) < 4.78 is 12.7. The van der Waals surface area contributed by atoms with Crippen molar-refractivity contribution in [1.29, 1.82) is 5.26 Å². The lowest BCUT2D eigenvalue weighted by atomic mass is 10.1. The molecule has 5 heteroatoms. The molecule has 0 amide bonds. The van der Waals surface area contributed by atoms with Crippen molar-refractivity contribution >= 4 is 28.3 Å². The lowest BCUT2D eigenvalue weighted by Crippen LogP contribution is -2.06. The fraction of sp³-hybridized carbons (Fsp3) is 0.250. The number of thiophene rings is 1. The second-order valence-electron chi connectivity index (χ2n) is 4.52. The highest BCUT2D eigenvalue weighted by Gasteiger charge is 2.23. The van der Waals surface area contributed by atoms with Gasteiger partial charge in [-0.2, -0.15) is 5.26 Å². The molecular formula is C16H15NO2S2. The van der Waals surface area contributed by atoms with Gasteiger partial charge >= 0.3 is 0 Å². The Morgan fingerprint density at radius 1 is 1.38 bits per heavy atom. The molecule has 0 aliphatic heterocycles. The maximum absolute atomic E-state index is 12.4. The van der Waals surface area contributed by atoms with Crippen molar-refractivity contribution in [2.45, 2.75) is 24.0 Å². The van der Waals surface area contributed by atoms with E-state index < -0.39 is 11.2 Å². The van der Waals surface area contributed by atoms with Crippen molar-refractivity contribution in [1.82, 2.24) is 0 Å². The Labute approximate surface area is 131 Å². The maximum atomic E-state index is 12.4. The molecule has 1 aromatic carbocycles. The van der Waals surface area contributed by atoms with E-state index >= 15 is 0 Å². The highest BCUT2D eigenvalue weighted by Crippen LogP contribution is 2.29. The highest BCUT2D eigenvalue weighted by molar-refractivity contribution is 7.93. The summed E-state index contributed by atoms with van der Waals surface area (Å²) in [7, 11) is 0. The maximum Gasteiger partial charge on any atom is 0.225 e. The number of carbonyl (C=O) groups excluding carboxylic acids is 1. The average Bonchev–Trinajstić information content (AvgIpc) is 2.97. The minimum atomic E-state index is -1.20. The quantitative estimate of drug-likeness (QED) is 0.602. The summed E-state index contributed by atoms with van der Waals surface area (Å²) >= 11 is -0.0297. The van der Waals surface area contributed by atoms with Gasteiger partial charge in [0, 0.05) is 5.56 Å². The van der Waals surface area contributed by atoms with Crippen LogP contribution in [0.2, 0.25) is 0 Å². The van der Waals surface area contributed by atoms with Gasteiger partial charge in [-0.15, -0.1) is 0 Å². The molecule has 0 bridgehead atoms. The van der Waals surface area contributed by atoms with Crippen LogP contribution in [0.1, 0.15) is 40.6 Å². The van der Waals surface area contributed by atoms with Gasteiger partial charge in [0.2, 0.25) is 9.99 Å². The normalized spacial score (nSPS) is 11.9. The lowest BCUT2D eigenvalue weighted by Gasteiger charge is -2.07. The number of carbonyl (C=O) groups is 1. The minimum Gasteiger partial charge on any atom is -0.611 e. The van der Waals surface area contributed by atoms with E-state index in [2.05, 4.69) is 0 Å². The van der Waals surface area contributed by atoms with Gasteiger partial charge < -0.3 is 4.55 Å². The zero-order chi connectivity index (χ0) is 15.2. The predicted octanol–water partition coefficient (Wildman–Crippen LogP) is 3.76. The summed E-state index contributed by atoms with van der Waals surface area (Å²) in [5.41, 5.74) is 0.933. The molecule has 0 radical (unpaired) electrons. The van der Waals surface area contributed by atoms with Crippen LogP contribution in [0.25, 0.3) is 0 Å². The molecule has 0 saturated heterocycles. The second kappa shape index (κ2) is 7.41. The molecule has 108 valence electrons. The van der Waals surface area contributed by atoms with Crippen molar-refractivity contribution in [3.8, 4) is 6.07 Å². The van der Waals surface area contributed by atoms with Crippen molar-refractivity contribution in [2.75, 3.05) is 5.75 Å². The first kappa shape index (κ1) is 15.8. The molecule has 2 rings (SSSR count). The first-order valence-electron chi connectivity index (χ1n) is 6.69. The Morgan fingerprint density at radius 3 is 2.71 bits per heavy atom. The van der Waals surface area contributed by atoms with E-state index in [0.717, 1.165) is 12.8 Å². The monoisotopic (exact) mass is 317 g/mol. The van der Waals surface area contributed by atoms with Crippen LogP contribution in [0.15, 0.2) is 40.6 Å². The van der Waals surface area contributed by atoms with Gasteiger partial charge in [-0.05, 0) is 23.7 Å². The van der Waals surface area contributed by atoms with Crippen LogP contribution in [0, 0.1) is 11.3 Å². The number of rotatable bonds is 6. The number of hydrogen-bond acceptors (Lipinski definition) is 4. The molecule has 0 N–H and O–H groups in total. The third kappa shape index (κ3) is 3.73. The van der Waals surface area contributed by atoms with E-state index in [0.29, 0.717) is 26.0 Å². The van der Waals surface area contributed by atoms with Gasteiger partial charge in [-0.1, -0.05) is 55.0 Å². The minimum absolute atomic E-state index is 0.129. The SMILES string of the molecule is CCCC[S+]([O-])c1sc(C(=O)c2ccccc2)cc1C#N. The van der Waals surface area contributed by atoms with Gasteiger partial charge in [-0.25, -0.2) is 0 Å². The molecule has 1 unspecified atom stereocenters. The highest BCUT2D eigenvalue weighted by atomic mass is 32.2. The van der Waals surface area contributed by atoms with E-state index in [-0.39, 0.29) is 5.78 Å². The number of unbranched alkanes of at least 4 members (excludes halogenated alkanes) is 1. The standard InChI is InChI=1S/C16H15NO2S2/c1-2-3-9-21(19)16-13(11-17)10-14(20-16)15(18)12-7-5-4-6-8-12/h4-8,10H,2-3,9H2,1H3. The van der Waals surface area contributed by atoms with Gasteiger partial charge in [0.1, 0.15) is 17.4 Å². The topological polar surface area (TPSA) is 63.9 Å². The Bertz CT molecular complexity index is 659. The summed E-state index contributed by atoms with van der Waals surface area (Å²) in [6.07, 6.45) is 1.80. The second-order valence-corrected chi connectivity index (χ2v) is 7.34. The molecule has 0 spiro atoms. The third-order valence-electron chi connectivity index (χ3n) is 2.97. The summed E-state index contributed by atoms with van der Waals surface area (Å²) in [5.74, 6) is 0.404. The van der Waals surface area contributed by atoms with Crippen molar-refractivity contribution in [3.63, 3.8) is 0 Å². The number of nitriles is 1. The van der Waals surface area contributed by atoms with Crippen LogP contribution in [-0.4, -0.2) is 16.1 Å². The van der Waals surface area contributed by atoms with Gasteiger partial charge in [-0.3, -0.25) is 4.79 Å². The van der Waals surface area contributed by atoms with Crippen molar-refractivity contribution in [3.05, 3.63) is 52.4 Å². The van der Waals surface area contributed by atoms with Crippen LogP contribution in [-0.2, 0) is 11.2 Å². The first-order chi connectivity index (χ1) is 10.2. The van der Waals surface area contributed by atoms with Crippen LogP contribution < -0.4 is 0 Å². The Balaban J connectivity index is 2.29. The zero-order valence-electron chi connectivity index (χ0n) is 11.7. The van der Waals surface area contributed by atoms with E-state index in [9.17, 15) is 9.35 Å². The molecule has 1 heterocycles. The van der Waals surface area contributed by atoms with Crippen LogP contribution in [0.4, 0.5) is 0 Å². The fourth-order valence-corrected chi connectivity index (χ4v) is 4.61. The van der Waals surface area contributed by atoms with E-state index in [1.807, 2.05) is 19.1 Å². The molecule has 2 aromatic rings. The molecule has 1 atom stereocenters. The molecule has 0 aliphatic rings. The molecule has 1 aromatic heterocycles. The van der Waals surface area contributed by atoms with Crippen molar-refractivity contribution < 1.29 is 9.35 Å².